The van der Waals surface area contributed by atoms with E-state index in [1.807, 2.05) is 0 Å². The van der Waals surface area contributed by atoms with Gasteiger partial charge < -0.3 is 4.74 Å². The molecule has 1 rings (SSSR count). The number of carbonyl (C=O) groups is 2. The zero-order valence-corrected chi connectivity index (χ0v) is 7.58. The molecule has 0 aliphatic carbocycles. The second-order valence-electron chi connectivity index (χ2n) is 2.61. The lowest BCUT2D eigenvalue weighted by atomic mass is 10.2. The Balaban J connectivity index is 2.80. The molecule has 0 atom stereocenters. The van der Waals surface area contributed by atoms with Gasteiger partial charge in [-0.3, -0.25) is 14.9 Å². The van der Waals surface area contributed by atoms with Crippen molar-refractivity contribution < 1.29 is 19.2 Å². The maximum Gasteiger partial charge on any atom is 0.371 e. The van der Waals surface area contributed by atoms with Gasteiger partial charge in [0.25, 0.3) is 5.69 Å². The summed E-state index contributed by atoms with van der Waals surface area (Å²) in [7, 11) is 0. The first-order valence-electron chi connectivity index (χ1n) is 3.99. The Hall–Kier alpha value is -2.24. The summed E-state index contributed by atoms with van der Waals surface area (Å²) in [6.07, 6.45) is 0.00870. The summed E-state index contributed by atoms with van der Waals surface area (Å²) in [5, 5.41) is 10.5. The first-order chi connectivity index (χ1) is 7.15. The van der Waals surface area contributed by atoms with Crippen molar-refractivity contribution in [1.29, 1.82) is 0 Å². The van der Waals surface area contributed by atoms with Gasteiger partial charge in [-0.05, 0) is 6.07 Å². The molecular formula is C9H7NO5. The molecule has 0 N–H and O–H groups in total. The molecule has 78 valence electrons. The lowest BCUT2D eigenvalue weighted by Gasteiger charge is -2.01. The maximum absolute atomic E-state index is 10.5. The van der Waals surface area contributed by atoms with Crippen LogP contribution in [0.2, 0.25) is 0 Å². The minimum absolute atomic E-state index is 0.00870. The van der Waals surface area contributed by atoms with Crippen molar-refractivity contribution in [2.24, 2.45) is 0 Å². The highest BCUT2D eigenvalue weighted by atomic mass is 16.6. The number of carbonyl (C=O) groups excluding carboxylic acids is 2. The van der Waals surface area contributed by atoms with Gasteiger partial charge in [0.05, 0.1) is 10.5 Å². The highest BCUT2D eigenvalue weighted by Gasteiger charge is 2.13. The summed E-state index contributed by atoms with van der Waals surface area (Å²) >= 11 is 0. The van der Waals surface area contributed by atoms with Crippen LogP contribution in [0.4, 0.5) is 5.69 Å². The number of nitrogens with zero attached hydrogens (tertiary/aromatic N) is 1. The lowest BCUT2D eigenvalue weighted by molar-refractivity contribution is -0.385. The molecule has 0 unspecified atom stereocenters. The third-order valence-electron chi connectivity index (χ3n) is 1.65. The van der Waals surface area contributed by atoms with Gasteiger partial charge in [0.15, 0.2) is 0 Å². The van der Waals surface area contributed by atoms with Gasteiger partial charge in [-0.2, -0.15) is 0 Å². The van der Waals surface area contributed by atoms with Gasteiger partial charge in [0.2, 0.25) is 6.29 Å². The van der Waals surface area contributed by atoms with E-state index in [-0.39, 0.29) is 24.1 Å². The van der Waals surface area contributed by atoms with Crippen LogP contribution in [0.25, 0.3) is 0 Å². The number of nitro benzene ring substituents is 1. The van der Waals surface area contributed by atoms with Crippen LogP contribution in [0, 0.1) is 10.1 Å². The number of para-hydroxylation sites is 1. The maximum atomic E-state index is 10.5. The molecule has 0 heterocycles. The monoisotopic (exact) mass is 209 g/mol. The molecule has 0 aliphatic heterocycles. The molecule has 0 spiro atoms. The fourth-order valence-electron chi connectivity index (χ4n) is 0.994. The fraction of sp³-hybridized carbons (Fsp3) is 0.111. The summed E-state index contributed by atoms with van der Waals surface area (Å²) in [4.78, 5) is 30.4. The highest BCUT2D eigenvalue weighted by molar-refractivity contribution is 6.20. The van der Waals surface area contributed by atoms with Crippen molar-refractivity contribution in [1.82, 2.24) is 0 Å². The van der Waals surface area contributed by atoms with Crippen molar-refractivity contribution in [3.63, 3.8) is 0 Å². The van der Waals surface area contributed by atoms with Crippen LogP contribution in [0.15, 0.2) is 24.3 Å². The van der Waals surface area contributed by atoms with E-state index in [9.17, 15) is 19.7 Å². The number of rotatable bonds is 4. The van der Waals surface area contributed by atoms with E-state index >= 15 is 0 Å². The van der Waals surface area contributed by atoms with Crippen molar-refractivity contribution in [3.8, 4) is 0 Å². The van der Waals surface area contributed by atoms with Crippen LogP contribution in [0.5, 0.6) is 0 Å². The molecule has 0 aromatic heterocycles. The van der Waals surface area contributed by atoms with Crippen LogP contribution < -0.4 is 0 Å². The second kappa shape index (κ2) is 4.85. The predicted octanol–water partition coefficient (Wildman–Crippen LogP) is 0.837. The molecule has 6 nitrogen and oxygen atoms in total. The van der Waals surface area contributed by atoms with E-state index in [0.29, 0.717) is 0 Å². The van der Waals surface area contributed by atoms with Gasteiger partial charge in [-0.25, -0.2) is 4.79 Å². The molecular weight excluding hydrogens is 202 g/mol. The zero-order chi connectivity index (χ0) is 11.3. The third kappa shape index (κ3) is 2.87. The molecule has 0 aliphatic rings. The fourth-order valence-corrected chi connectivity index (χ4v) is 0.994. The summed E-state index contributed by atoms with van der Waals surface area (Å²) in [5.74, 6) is -1.05. The minimum atomic E-state index is -1.05. The summed E-state index contributed by atoms with van der Waals surface area (Å²) < 4.78 is 4.46. The Morgan fingerprint density at radius 2 is 2.13 bits per heavy atom. The molecule has 0 radical (unpaired) electrons. The van der Waals surface area contributed by atoms with Crippen LogP contribution in [-0.2, 0) is 20.9 Å². The van der Waals surface area contributed by atoms with Crippen LogP contribution in [-0.4, -0.2) is 17.2 Å². The standard InChI is InChI=1S/C9H7NO5/c11-5-9(12)15-6-7-3-1-2-4-8(7)10(13)14/h1-5H,6H2. The average molecular weight is 209 g/mol. The number of ether oxygens (including phenoxy) is 1. The van der Waals surface area contributed by atoms with Gasteiger partial charge in [0, 0.05) is 6.07 Å². The largest absolute Gasteiger partial charge is 0.455 e. The number of esters is 1. The Labute approximate surface area is 84.6 Å². The van der Waals surface area contributed by atoms with Crippen molar-refractivity contribution in [2.75, 3.05) is 0 Å². The van der Waals surface area contributed by atoms with Crippen molar-refractivity contribution in [2.45, 2.75) is 6.61 Å². The van der Waals surface area contributed by atoms with Crippen LogP contribution in [0.3, 0.4) is 0 Å². The SMILES string of the molecule is O=CC(=O)OCc1ccccc1[N+](=O)[O-]. The van der Waals surface area contributed by atoms with E-state index in [4.69, 9.17) is 0 Å². The second-order valence-corrected chi connectivity index (χ2v) is 2.61. The molecule has 0 fully saturated rings. The zero-order valence-electron chi connectivity index (χ0n) is 7.58. The topological polar surface area (TPSA) is 86.5 Å². The molecule has 15 heavy (non-hydrogen) atoms. The number of nitro groups is 1. The van der Waals surface area contributed by atoms with E-state index in [1.165, 1.54) is 18.2 Å². The van der Waals surface area contributed by atoms with E-state index in [0.717, 1.165) is 0 Å². The number of hydrogen-bond donors (Lipinski definition) is 0. The average Bonchev–Trinajstić information content (AvgIpc) is 2.26. The Bertz CT molecular complexity index is 401. The number of hydrogen-bond acceptors (Lipinski definition) is 5. The summed E-state index contributed by atoms with van der Waals surface area (Å²) in [6.45, 7) is -0.283. The smallest absolute Gasteiger partial charge is 0.371 e. The first kappa shape index (κ1) is 10.8. The van der Waals surface area contributed by atoms with Crippen LogP contribution in [0.1, 0.15) is 5.56 Å². The van der Waals surface area contributed by atoms with Gasteiger partial charge in [0.1, 0.15) is 6.61 Å². The normalized spacial score (nSPS) is 9.33. The van der Waals surface area contributed by atoms with Crippen LogP contribution >= 0.6 is 0 Å². The predicted molar refractivity (Wildman–Crippen MR) is 49.0 cm³/mol. The molecule has 0 saturated carbocycles. The summed E-state index contributed by atoms with van der Waals surface area (Å²) in [6, 6.07) is 5.83. The molecule has 1 aromatic carbocycles. The lowest BCUT2D eigenvalue weighted by Crippen LogP contribution is -2.06. The van der Waals surface area contributed by atoms with Gasteiger partial charge in [-0.15, -0.1) is 0 Å². The summed E-state index contributed by atoms with van der Waals surface area (Å²) in [5.41, 5.74) is 0.105. The number of aldehydes is 1. The molecule has 0 saturated heterocycles. The molecule has 0 amide bonds. The Morgan fingerprint density at radius 3 is 2.73 bits per heavy atom. The van der Waals surface area contributed by atoms with E-state index < -0.39 is 10.9 Å². The number of benzene rings is 1. The first-order valence-corrected chi connectivity index (χ1v) is 3.99. The quantitative estimate of drug-likeness (QED) is 0.241. The highest BCUT2D eigenvalue weighted by Crippen LogP contribution is 2.18. The van der Waals surface area contributed by atoms with Gasteiger partial charge >= 0.3 is 5.97 Å². The van der Waals surface area contributed by atoms with Crippen molar-refractivity contribution >= 4 is 17.9 Å². The minimum Gasteiger partial charge on any atom is -0.455 e. The van der Waals surface area contributed by atoms with E-state index in [1.54, 1.807) is 6.07 Å². The van der Waals surface area contributed by atoms with Crippen molar-refractivity contribution in [3.05, 3.63) is 39.9 Å². The van der Waals surface area contributed by atoms with Gasteiger partial charge in [-0.1, -0.05) is 12.1 Å². The molecule has 0 bridgehead atoms. The molecule has 1 aromatic rings. The Morgan fingerprint density at radius 1 is 1.47 bits per heavy atom. The Kier molecular flexibility index (Phi) is 3.50. The van der Waals surface area contributed by atoms with E-state index in [2.05, 4.69) is 4.74 Å². The molecule has 6 heteroatoms. The third-order valence-corrected chi connectivity index (χ3v) is 1.65.